The van der Waals surface area contributed by atoms with Crippen LogP contribution in [0.4, 0.5) is 5.13 Å². The first-order valence-corrected chi connectivity index (χ1v) is 8.52. The van der Waals surface area contributed by atoms with E-state index in [-0.39, 0.29) is 5.91 Å². The number of anilines is 1. The van der Waals surface area contributed by atoms with Crippen LogP contribution in [-0.2, 0) is 0 Å². The topological polar surface area (TPSA) is 71.3 Å². The molecular formula is C16H17N5OS. The Labute approximate surface area is 137 Å². The van der Waals surface area contributed by atoms with Crippen LogP contribution in [-0.4, -0.2) is 33.4 Å². The molecule has 6 nitrogen and oxygen atoms in total. The maximum atomic E-state index is 12.4. The zero-order valence-corrected chi connectivity index (χ0v) is 13.3. The van der Waals surface area contributed by atoms with E-state index in [2.05, 4.69) is 20.6 Å². The molecule has 7 heteroatoms. The van der Waals surface area contributed by atoms with E-state index in [1.54, 1.807) is 29.8 Å². The second kappa shape index (κ2) is 6.10. The predicted molar refractivity (Wildman–Crippen MR) is 90.1 cm³/mol. The standard InChI is InChI=1S/C16H17N5OS/c22-15(12-1-2-14-18-7-8-21(14)10-12)20-16-19-9-13(23-16)11-3-5-17-6-4-11/h1-2,7-11,17H,3-6H2,(H,19,20,22). The number of rotatable bonds is 3. The lowest BCUT2D eigenvalue weighted by Gasteiger charge is -2.20. The zero-order chi connectivity index (χ0) is 15.6. The Hall–Kier alpha value is -2.25. The molecule has 2 N–H and O–H groups in total. The summed E-state index contributed by atoms with van der Waals surface area (Å²) in [5.74, 6) is 0.411. The van der Waals surface area contributed by atoms with Crippen LogP contribution in [0.5, 0.6) is 0 Å². The lowest BCUT2D eigenvalue weighted by Crippen LogP contribution is -2.26. The Morgan fingerprint density at radius 2 is 2.17 bits per heavy atom. The van der Waals surface area contributed by atoms with Crippen molar-refractivity contribution in [1.82, 2.24) is 19.7 Å². The first-order chi connectivity index (χ1) is 11.3. The van der Waals surface area contributed by atoms with Crippen molar-refractivity contribution in [2.45, 2.75) is 18.8 Å². The van der Waals surface area contributed by atoms with E-state index in [1.165, 1.54) is 4.88 Å². The van der Waals surface area contributed by atoms with Crippen molar-refractivity contribution < 1.29 is 4.79 Å². The second-order valence-corrected chi connectivity index (χ2v) is 6.72. The number of hydrogen-bond donors (Lipinski definition) is 2. The van der Waals surface area contributed by atoms with Gasteiger partial charge >= 0.3 is 0 Å². The molecule has 0 radical (unpaired) electrons. The van der Waals surface area contributed by atoms with Crippen LogP contribution in [0.1, 0.15) is 34.0 Å². The van der Waals surface area contributed by atoms with E-state index >= 15 is 0 Å². The van der Waals surface area contributed by atoms with Crippen LogP contribution in [0.25, 0.3) is 5.65 Å². The Kier molecular flexibility index (Phi) is 3.80. The molecule has 0 atom stereocenters. The zero-order valence-electron chi connectivity index (χ0n) is 12.5. The highest BCUT2D eigenvalue weighted by Gasteiger charge is 2.18. The van der Waals surface area contributed by atoms with Gasteiger partial charge in [0.15, 0.2) is 5.13 Å². The van der Waals surface area contributed by atoms with Gasteiger partial charge in [-0.2, -0.15) is 0 Å². The molecule has 0 aliphatic carbocycles. The monoisotopic (exact) mass is 327 g/mol. The molecule has 0 saturated carbocycles. The number of carbonyl (C=O) groups is 1. The van der Waals surface area contributed by atoms with Crippen LogP contribution in [0.15, 0.2) is 36.9 Å². The fourth-order valence-electron chi connectivity index (χ4n) is 2.86. The van der Waals surface area contributed by atoms with Gasteiger partial charge in [-0.25, -0.2) is 9.97 Å². The van der Waals surface area contributed by atoms with Gasteiger partial charge in [0.25, 0.3) is 5.91 Å². The molecule has 23 heavy (non-hydrogen) atoms. The minimum atomic E-state index is -0.146. The number of nitrogens with zero attached hydrogens (tertiary/aromatic N) is 3. The van der Waals surface area contributed by atoms with Gasteiger partial charge in [0.2, 0.25) is 0 Å². The van der Waals surface area contributed by atoms with Crippen molar-refractivity contribution in [2.24, 2.45) is 0 Å². The molecular weight excluding hydrogens is 310 g/mol. The predicted octanol–water partition coefficient (Wildman–Crippen LogP) is 2.51. The molecule has 4 rings (SSSR count). The molecule has 0 unspecified atom stereocenters. The van der Waals surface area contributed by atoms with Crippen molar-refractivity contribution in [3.8, 4) is 0 Å². The summed E-state index contributed by atoms with van der Waals surface area (Å²) < 4.78 is 1.83. The molecule has 4 heterocycles. The second-order valence-electron chi connectivity index (χ2n) is 5.66. The van der Waals surface area contributed by atoms with E-state index in [4.69, 9.17) is 0 Å². The highest BCUT2D eigenvalue weighted by molar-refractivity contribution is 7.15. The van der Waals surface area contributed by atoms with Gasteiger partial charge in [-0.15, -0.1) is 11.3 Å². The number of amides is 1. The van der Waals surface area contributed by atoms with E-state index in [0.29, 0.717) is 16.6 Å². The summed E-state index contributed by atoms with van der Waals surface area (Å²) in [6.45, 7) is 2.10. The van der Waals surface area contributed by atoms with Gasteiger partial charge in [0, 0.05) is 29.7 Å². The van der Waals surface area contributed by atoms with Crippen molar-refractivity contribution in [3.63, 3.8) is 0 Å². The lowest BCUT2D eigenvalue weighted by molar-refractivity contribution is 0.102. The summed E-state index contributed by atoms with van der Waals surface area (Å²) >= 11 is 1.58. The Morgan fingerprint density at radius 3 is 3.04 bits per heavy atom. The van der Waals surface area contributed by atoms with E-state index in [1.807, 2.05) is 22.9 Å². The number of pyridine rings is 1. The third-order valence-electron chi connectivity index (χ3n) is 4.14. The van der Waals surface area contributed by atoms with Crippen molar-refractivity contribution in [3.05, 3.63) is 47.4 Å². The summed E-state index contributed by atoms with van der Waals surface area (Å²) in [5, 5.41) is 6.92. The molecule has 3 aromatic rings. The minimum absolute atomic E-state index is 0.146. The minimum Gasteiger partial charge on any atom is -0.317 e. The molecule has 1 saturated heterocycles. The van der Waals surface area contributed by atoms with Crippen molar-refractivity contribution >= 4 is 28.0 Å². The lowest BCUT2D eigenvalue weighted by atomic mass is 9.97. The molecule has 3 aromatic heterocycles. The number of thiazole rings is 1. The normalized spacial score (nSPS) is 15.8. The molecule has 1 amide bonds. The molecule has 1 fully saturated rings. The number of piperidine rings is 1. The highest BCUT2D eigenvalue weighted by Crippen LogP contribution is 2.31. The van der Waals surface area contributed by atoms with Gasteiger partial charge in [0.1, 0.15) is 5.65 Å². The molecule has 1 aliphatic heterocycles. The Balaban J connectivity index is 1.48. The molecule has 0 aromatic carbocycles. The van der Waals surface area contributed by atoms with Crippen LogP contribution < -0.4 is 10.6 Å². The summed E-state index contributed by atoms with van der Waals surface area (Å²) in [5.41, 5.74) is 1.41. The van der Waals surface area contributed by atoms with Crippen molar-refractivity contribution in [1.29, 1.82) is 0 Å². The third-order valence-corrected chi connectivity index (χ3v) is 5.21. The van der Waals surface area contributed by atoms with Crippen LogP contribution in [0, 0.1) is 0 Å². The third kappa shape index (κ3) is 2.97. The van der Waals surface area contributed by atoms with Gasteiger partial charge in [-0.3, -0.25) is 10.1 Å². The first kappa shape index (κ1) is 14.3. The maximum Gasteiger partial charge on any atom is 0.258 e. The smallest absolute Gasteiger partial charge is 0.258 e. The fraction of sp³-hybridized carbons (Fsp3) is 0.312. The number of hydrogen-bond acceptors (Lipinski definition) is 5. The number of aromatic nitrogens is 3. The van der Waals surface area contributed by atoms with Crippen molar-refractivity contribution in [2.75, 3.05) is 18.4 Å². The number of imidazole rings is 1. The van der Waals surface area contributed by atoms with Gasteiger partial charge in [-0.05, 0) is 44.0 Å². The molecule has 0 spiro atoms. The Morgan fingerprint density at radius 1 is 1.30 bits per heavy atom. The SMILES string of the molecule is O=C(Nc1ncc(C2CCNCC2)s1)c1ccc2nccn2c1. The largest absolute Gasteiger partial charge is 0.317 e. The number of carbonyl (C=O) groups excluding carboxylic acids is 1. The average Bonchev–Trinajstić information content (AvgIpc) is 3.24. The number of nitrogens with one attached hydrogen (secondary N) is 2. The van der Waals surface area contributed by atoms with Crippen LogP contribution in [0.3, 0.4) is 0 Å². The van der Waals surface area contributed by atoms with Crippen LogP contribution >= 0.6 is 11.3 Å². The van der Waals surface area contributed by atoms with Gasteiger partial charge < -0.3 is 9.72 Å². The van der Waals surface area contributed by atoms with E-state index < -0.39 is 0 Å². The van der Waals surface area contributed by atoms with E-state index in [0.717, 1.165) is 31.6 Å². The van der Waals surface area contributed by atoms with Gasteiger partial charge in [-0.1, -0.05) is 0 Å². The average molecular weight is 327 g/mol. The summed E-state index contributed by atoms with van der Waals surface area (Å²) in [6.07, 6.45) is 9.47. The quantitative estimate of drug-likeness (QED) is 0.775. The summed E-state index contributed by atoms with van der Waals surface area (Å²) in [4.78, 5) is 22.2. The molecule has 1 aliphatic rings. The van der Waals surface area contributed by atoms with Crippen LogP contribution in [0.2, 0.25) is 0 Å². The molecule has 118 valence electrons. The first-order valence-electron chi connectivity index (χ1n) is 7.70. The fourth-order valence-corrected chi connectivity index (χ4v) is 3.84. The maximum absolute atomic E-state index is 12.4. The Bertz CT molecular complexity index is 834. The highest BCUT2D eigenvalue weighted by atomic mass is 32.1. The molecule has 0 bridgehead atoms. The van der Waals surface area contributed by atoms with E-state index in [9.17, 15) is 4.79 Å². The summed E-state index contributed by atoms with van der Waals surface area (Å²) in [6, 6.07) is 3.61. The van der Waals surface area contributed by atoms with Gasteiger partial charge in [0.05, 0.1) is 5.56 Å². The summed E-state index contributed by atoms with van der Waals surface area (Å²) in [7, 11) is 0. The number of fused-ring (bicyclic) bond motifs is 1.